The van der Waals surface area contributed by atoms with Gasteiger partial charge in [0.2, 0.25) is 5.89 Å². The number of hydrogen-bond acceptors (Lipinski definition) is 5. The topological polar surface area (TPSA) is 51.4 Å². The number of ether oxygens (including phenoxy) is 1. The van der Waals surface area contributed by atoms with Gasteiger partial charge < -0.3 is 9.26 Å². The Hall–Kier alpha value is -1.86. The normalized spacial score (nSPS) is 19.9. The van der Waals surface area contributed by atoms with Gasteiger partial charge >= 0.3 is 0 Å². The van der Waals surface area contributed by atoms with Crippen LogP contribution < -0.4 is 0 Å². The first-order chi connectivity index (χ1) is 10.1. The number of hydrogen-bond donors (Lipinski definition) is 0. The highest BCUT2D eigenvalue weighted by atomic mass is 19.1. The summed E-state index contributed by atoms with van der Waals surface area (Å²) >= 11 is 0. The molecule has 1 aromatic heterocycles. The molecule has 112 valence electrons. The molecule has 0 amide bonds. The van der Waals surface area contributed by atoms with Gasteiger partial charge in [-0.1, -0.05) is 5.16 Å². The molecule has 1 aliphatic heterocycles. The Bertz CT molecular complexity index is 632. The molecule has 2 heterocycles. The quantitative estimate of drug-likeness (QED) is 0.869. The second-order valence-electron chi connectivity index (χ2n) is 4.98. The average Bonchev–Trinajstić information content (AvgIpc) is 2.90. The summed E-state index contributed by atoms with van der Waals surface area (Å²) in [5.41, 5.74) is 0.304. The lowest BCUT2D eigenvalue weighted by molar-refractivity contribution is -0.0245. The fourth-order valence-corrected chi connectivity index (χ4v) is 2.39. The fourth-order valence-electron chi connectivity index (χ4n) is 2.39. The van der Waals surface area contributed by atoms with Crippen molar-refractivity contribution in [2.45, 2.75) is 19.5 Å². The summed E-state index contributed by atoms with van der Waals surface area (Å²) in [7, 11) is 0. The average molecular weight is 295 g/mol. The lowest BCUT2D eigenvalue weighted by Gasteiger charge is -2.33. The maximum atomic E-state index is 13.8. The van der Waals surface area contributed by atoms with Crippen molar-refractivity contribution in [1.29, 1.82) is 0 Å². The van der Waals surface area contributed by atoms with Crippen molar-refractivity contribution >= 4 is 0 Å². The third-order valence-electron chi connectivity index (χ3n) is 3.45. The third-order valence-corrected chi connectivity index (χ3v) is 3.45. The van der Waals surface area contributed by atoms with E-state index in [9.17, 15) is 8.78 Å². The summed E-state index contributed by atoms with van der Waals surface area (Å²) in [6.07, 6.45) is 0. The van der Waals surface area contributed by atoms with Gasteiger partial charge in [-0.15, -0.1) is 0 Å². The van der Waals surface area contributed by atoms with Gasteiger partial charge in [0.1, 0.15) is 17.7 Å². The van der Waals surface area contributed by atoms with Crippen LogP contribution in [0.25, 0.3) is 0 Å². The largest absolute Gasteiger partial charge is 0.378 e. The SMILES string of the molecule is Cc1noc(C2COCCN2Cc2cc(F)ccc2F)n1. The Morgan fingerprint density at radius 2 is 2.24 bits per heavy atom. The van der Waals surface area contributed by atoms with Gasteiger partial charge in [-0.2, -0.15) is 4.98 Å². The Labute approximate surface area is 120 Å². The molecule has 2 aromatic rings. The Balaban J connectivity index is 1.83. The highest BCUT2D eigenvalue weighted by molar-refractivity contribution is 5.19. The first-order valence-corrected chi connectivity index (χ1v) is 6.69. The van der Waals surface area contributed by atoms with Crippen molar-refractivity contribution < 1.29 is 18.0 Å². The molecule has 3 rings (SSSR count). The molecule has 1 aromatic carbocycles. The van der Waals surface area contributed by atoms with Crippen LogP contribution in [-0.4, -0.2) is 34.8 Å². The van der Waals surface area contributed by atoms with Crippen LogP contribution in [0.15, 0.2) is 22.7 Å². The van der Waals surface area contributed by atoms with Crippen LogP contribution in [0.1, 0.15) is 23.3 Å². The van der Waals surface area contributed by atoms with Crippen molar-refractivity contribution in [2.24, 2.45) is 0 Å². The second-order valence-corrected chi connectivity index (χ2v) is 4.98. The maximum Gasteiger partial charge on any atom is 0.246 e. The van der Waals surface area contributed by atoms with E-state index in [2.05, 4.69) is 10.1 Å². The molecule has 1 saturated heterocycles. The van der Waals surface area contributed by atoms with Gasteiger partial charge in [0, 0.05) is 18.7 Å². The Morgan fingerprint density at radius 1 is 1.38 bits per heavy atom. The molecule has 21 heavy (non-hydrogen) atoms. The molecule has 1 aliphatic rings. The fraction of sp³-hybridized carbons (Fsp3) is 0.429. The number of rotatable bonds is 3. The molecule has 7 heteroatoms. The van der Waals surface area contributed by atoms with Crippen molar-refractivity contribution in [3.8, 4) is 0 Å². The Morgan fingerprint density at radius 3 is 3.00 bits per heavy atom. The number of aromatic nitrogens is 2. The van der Waals surface area contributed by atoms with Crippen molar-refractivity contribution in [3.05, 3.63) is 47.1 Å². The molecule has 0 aliphatic carbocycles. The first kappa shape index (κ1) is 14.1. The van der Waals surface area contributed by atoms with Gasteiger partial charge in [0.05, 0.1) is 13.2 Å². The number of benzene rings is 1. The van der Waals surface area contributed by atoms with Crippen LogP contribution >= 0.6 is 0 Å². The van der Waals surface area contributed by atoms with Crippen LogP contribution in [0, 0.1) is 18.6 Å². The summed E-state index contributed by atoms with van der Waals surface area (Å²) in [6, 6.07) is 3.21. The molecule has 0 radical (unpaired) electrons. The number of morpholine rings is 1. The molecular formula is C14H15F2N3O2. The first-order valence-electron chi connectivity index (χ1n) is 6.69. The van der Waals surface area contributed by atoms with Crippen LogP contribution in [0.4, 0.5) is 8.78 Å². The summed E-state index contributed by atoms with van der Waals surface area (Å²) in [5, 5.41) is 3.76. The lowest BCUT2D eigenvalue weighted by Crippen LogP contribution is -2.39. The molecule has 0 spiro atoms. The predicted octanol–water partition coefficient (Wildman–Crippen LogP) is 2.23. The highest BCUT2D eigenvalue weighted by Crippen LogP contribution is 2.25. The zero-order chi connectivity index (χ0) is 14.8. The minimum Gasteiger partial charge on any atom is -0.378 e. The van der Waals surface area contributed by atoms with Crippen molar-refractivity contribution in [1.82, 2.24) is 15.0 Å². The van der Waals surface area contributed by atoms with Gasteiger partial charge in [-0.05, 0) is 25.1 Å². The smallest absolute Gasteiger partial charge is 0.246 e. The van der Waals surface area contributed by atoms with E-state index in [0.717, 1.165) is 12.1 Å². The molecule has 0 bridgehead atoms. The van der Waals surface area contributed by atoms with E-state index in [0.29, 0.717) is 37.0 Å². The summed E-state index contributed by atoms with van der Waals surface area (Å²) in [6.45, 7) is 3.49. The molecule has 5 nitrogen and oxygen atoms in total. The minimum absolute atomic E-state index is 0.248. The van der Waals surface area contributed by atoms with E-state index in [1.165, 1.54) is 6.07 Å². The molecule has 1 fully saturated rings. The lowest BCUT2D eigenvalue weighted by atomic mass is 10.1. The monoisotopic (exact) mass is 295 g/mol. The summed E-state index contributed by atoms with van der Waals surface area (Å²) in [4.78, 5) is 6.15. The van der Waals surface area contributed by atoms with Gasteiger partial charge in [-0.25, -0.2) is 8.78 Å². The molecular weight excluding hydrogens is 280 g/mol. The van der Waals surface area contributed by atoms with Crippen molar-refractivity contribution in [2.75, 3.05) is 19.8 Å². The summed E-state index contributed by atoms with van der Waals surface area (Å²) < 4.78 is 37.7. The third kappa shape index (κ3) is 3.08. The van der Waals surface area contributed by atoms with Gasteiger partial charge in [0.15, 0.2) is 5.82 Å². The predicted molar refractivity (Wildman–Crippen MR) is 69.4 cm³/mol. The van der Waals surface area contributed by atoms with Gasteiger partial charge in [0.25, 0.3) is 0 Å². The van der Waals surface area contributed by atoms with Crippen LogP contribution in [0.3, 0.4) is 0 Å². The molecule has 0 saturated carbocycles. The minimum atomic E-state index is -0.454. The number of nitrogens with zero attached hydrogens (tertiary/aromatic N) is 3. The molecule has 1 unspecified atom stereocenters. The number of aryl methyl sites for hydroxylation is 1. The van der Waals surface area contributed by atoms with E-state index in [1.807, 2.05) is 4.90 Å². The van der Waals surface area contributed by atoms with E-state index < -0.39 is 11.6 Å². The summed E-state index contributed by atoms with van der Waals surface area (Å²) in [5.74, 6) is 0.0877. The molecule has 1 atom stereocenters. The van der Waals surface area contributed by atoms with Crippen LogP contribution in [0.2, 0.25) is 0 Å². The van der Waals surface area contributed by atoms with E-state index in [-0.39, 0.29) is 12.6 Å². The molecule has 0 N–H and O–H groups in total. The zero-order valence-corrected chi connectivity index (χ0v) is 11.6. The van der Waals surface area contributed by atoms with Crippen LogP contribution in [-0.2, 0) is 11.3 Å². The van der Waals surface area contributed by atoms with E-state index in [1.54, 1.807) is 6.92 Å². The van der Waals surface area contributed by atoms with E-state index in [4.69, 9.17) is 9.26 Å². The number of halogens is 2. The van der Waals surface area contributed by atoms with Crippen LogP contribution in [0.5, 0.6) is 0 Å². The van der Waals surface area contributed by atoms with Crippen molar-refractivity contribution in [3.63, 3.8) is 0 Å². The maximum absolute atomic E-state index is 13.8. The zero-order valence-electron chi connectivity index (χ0n) is 11.6. The van der Waals surface area contributed by atoms with Gasteiger partial charge in [-0.3, -0.25) is 4.90 Å². The second kappa shape index (κ2) is 5.87. The standard InChI is InChI=1S/C14H15F2N3O2/c1-9-17-14(21-18-9)13-8-20-5-4-19(13)7-10-6-11(15)2-3-12(10)16/h2-3,6,13H,4-5,7-8H2,1H3. The van der Waals surface area contributed by atoms with E-state index >= 15 is 0 Å². The Kier molecular flexibility index (Phi) is 3.94. The highest BCUT2D eigenvalue weighted by Gasteiger charge is 2.29.